The van der Waals surface area contributed by atoms with Crippen molar-refractivity contribution >= 4 is 5.78 Å². The lowest BCUT2D eigenvalue weighted by Gasteiger charge is -2.05. The van der Waals surface area contributed by atoms with Crippen molar-refractivity contribution in [3.63, 3.8) is 0 Å². The number of hydrogen-bond acceptors (Lipinski definition) is 3. The van der Waals surface area contributed by atoms with E-state index >= 15 is 0 Å². The fourth-order valence-corrected chi connectivity index (χ4v) is 1.57. The lowest BCUT2D eigenvalue weighted by atomic mass is 9.99. The van der Waals surface area contributed by atoms with Gasteiger partial charge < -0.3 is 0 Å². The van der Waals surface area contributed by atoms with Crippen LogP contribution < -0.4 is 0 Å². The van der Waals surface area contributed by atoms with E-state index < -0.39 is 6.67 Å². The van der Waals surface area contributed by atoms with Crippen LogP contribution in [0.4, 0.5) is 4.39 Å². The normalized spacial score (nSPS) is 12.6. The van der Waals surface area contributed by atoms with Crippen molar-refractivity contribution in [2.45, 2.75) is 46.1 Å². The van der Waals surface area contributed by atoms with Gasteiger partial charge in [-0.05, 0) is 19.3 Å². The van der Waals surface area contributed by atoms with Crippen molar-refractivity contribution in [1.29, 1.82) is 0 Å². The van der Waals surface area contributed by atoms with Crippen LogP contribution in [0.2, 0.25) is 0 Å². The van der Waals surface area contributed by atoms with Gasteiger partial charge in [0.15, 0.2) is 0 Å². The summed E-state index contributed by atoms with van der Waals surface area (Å²) in [6.07, 6.45) is 4.75. The maximum atomic E-state index is 12.0. The van der Waals surface area contributed by atoms with E-state index in [4.69, 9.17) is 0 Å². The molecule has 1 rings (SSSR count). The van der Waals surface area contributed by atoms with Crippen molar-refractivity contribution in [2.75, 3.05) is 6.67 Å². The van der Waals surface area contributed by atoms with Gasteiger partial charge in [-0.2, -0.15) is 0 Å². The van der Waals surface area contributed by atoms with Gasteiger partial charge in [0, 0.05) is 18.5 Å². The van der Waals surface area contributed by atoms with E-state index in [2.05, 4.69) is 10.3 Å². The molecular weight excluding hydrogens is 221 g/mol. The third-order valence-electron chi connectivity index (χ3n) is 2.92. The molecule has 96 valence electrons. The maximum absolute atomic E-state index is 12.0. The maximum Gasteiger partial charge on any atom is 0.135 e. The summed E-state index contributed by atoms with van der Waals surface area (Å²) in [6, 6.07) is 0. The predicted octanol–water partition coefficient (Wildman–Crippen LogP) is 2.19. The largest absolute Gasteiger partial charge is 0.299 e. The fraction of sp³-hybridized carbons (Fsp3) is 0.750. The number of alkyl halides is 1. The molecule has 4 nitrogen and oxygen atoms in total. The molecule has 0 saturated heterocycles. The van der Waals surface area contributed by atoms with Gasteiger partial charge in [-0.15, -0.1) is 5.10 Å². The van der Waals surface area contributed by atoms with E-state index in [-0.39, 0.29) is 12.5 Å². The summed E-state index contributed by atoms with van der Waals surface area (Å²) in [5, 5.41) is 7.73. The van der Waals surface area contributed by atoms with Crippen LogP contribution >= 0.6 is 0 Å². The molecule has 0 aliphatic rings. The minimum Gasteiger partial charge on any atom is -0.299 e. The highest BCUT2D eigenvalue weighted by atomic mass is 19.1. The molecule has 0 aliphatic carbocycles. The van der Waals surface area contributed by atoms with Crippen molar-refractivity contribution in [1.82, 2.24) is 15.0 Å². The average Bonchev–Trinajstić information content (AvgIpc) is 2.76. The fourth-order valence-electron chi connectivity index (χ4n) is 1.57. The van der Waals surface area contributed by atoms with E-state index in [0.717, 1.165) is 25.0 Å². The van der Waals surface area contributed by atoms with Crippen LogP contribution in [0.3, 0.4) is 0 Å². The molecule has 0 saturated carbocycles. The Bertz CT molecular complexity index is 351. The number of Topliss-reactive ketones (excluding diaryl/α,β-unsaturated/α-hetero) is 1. The van der Waals surface area contributed by atoms with Crippen LogP contribution in [0.5, 0.6) is 0 Å². The monoisotopic (exact) mass is 241 g/mol. The van der Waals surface area contributed by atoms with Gasteiger partial charge in [0.2, 0.25) is 0 Å². The minimum absolute atomic E-state index is 0.150. The first-order chi connectivity index (χ1) is 8.17. The molecule has 0 aromatic carbocycles. The number of carbonyl (C=O) groups is 1. The van der Waals surface area contributed by atoms with Crippen molar-refractivity contribution in [2.24, 2.45) is 5.92 Å². The molecule has 0 amide bonds. The van der Waals surface area contributed by atoms with E-state index in [9.17, 15) is 9.18 Å². The first-order valence-corrected chi connectivity index (χ1v) is 6.15. The van der Waals surface area contributed by atoms with Crippen LogP contribution in [-0.4, -0.2) is 27.5 Å². The molecule has 5 heteroatoms. The van der Waals surface area contributed by atoms with Crippen molar-refractivity contribution in [3.8, 4) is 0 Å². The zero-order valence-corrected chi connectivity index (χ0v) is 10.5. The van der Waals surface area contributed by atoms with E-state index in [1.165, 1.54) is 4.68 Å². The second-order valence-electron chi connectivity index (χ2n) is 4.29. The molecule has 1 aromatic heterocycles. The molecule has 0 N–H and O–H groups in total. The summed E-state index contributed by atoms with van der Waals surface area (Å²) in [6.45, 7) is 3.79. The van der Waals surface area contributed by atoms with Crippen LogP contribution in [0.1, 0.15) is 38.8 Å². The van der Waals surface area contributed by atoms with Gasteiger partial charge in [-0.3, -0.25) is 4.79 Å². The first-order valence-electron chi connectivity index (χ1n) is 6.15. The average molecular weight is 241 g/mol. The highest BCUT2D eigenvalue weighted by Crippen LogP contribution is 2.09. The molecule has 0 spiro atoms. The standard InChI is InChI=1S/C12H20FN3O/c1-3-10(2)12(17)6-4-5-11-9-16(8-7-13)15-14-11/h9-10H,3-8H2,1-2H3. The third-order valence-corrected chi connectivity index (χ3v) is 2.92. The summed E-state index contributed by atoms with van der Waals surface area (Å²) in [5.41, 5.74) is 0.829. The lowest BCUT2D eigenvalue weighted by Crippen LogP contribution is -2.09. The Hall–Kier alpha value is -1.26. The number of halogens is 1. The summed E-state index contributed by atoms with van der Waals surface area (Å²) < 4.78 is 13.5. The van der Waals surface area contributed by atoms with E-state index in [1.807, 2.05) is 13.8 Å². The van der Waals surface area contributed by atoms with Gasteiger partial charge in [-0.1, -0.05) is 19.1 Å². The Morgan fingerprint density at radius 2 is 2.35 bits per heavy atom. The van der Waals surface area contributed by atoms with Gasteiger partial charge in [0.1, 0.15) is 12.5 Å². The summed E-state index contributed by atoms with van der Waals surface area (Å²) in [7, 11) is 0. The van der Waals surface area contributed by atoms with Crippen LogP contribution in [0, 0.1) is 5.92 Å². The Labute approximate surface area is 101 Å². The zero-order chi connectivity index (χ0) is 12.7. The molecule has 1 aromatic rings. The molecule has 1 atom stereocenters. The van der Waals surface area contributed by atoms with Crippen LogP contribution in [0.15, 0.2) is 6.20 Å². The van der Waals surface area contributed by atoms with Crippen molar-refractivity contribution < 1.29 is 9.18 Å². The second-order valence-corrected chi connectivity index (χ2v) is 4.29. The third kappa shape index (κ3) is 4.63. The summed E-state index contributed by atoms with van der Waals surface area (Å²) >= 11 is 0. The molecule has 0 bridgehead atoms. The Morgan fingerprint density at radius 1 is 1.59 bits per heavy atom. The summed E-state index contributed by atoms with van der Waals surface area (Å²) in [5.74, 6) is 0.459. The molecule has 17 heavy (non-hydrogen) atoms. The smallest absolute Gasteiger partial charge is 0.135 e. The molecule has 0 radical (unpaired) electrons. The highest BCUT2D eigenvalue weighted by Gasteiger charge is 2.10. The van der Waals surface area contributed by atoms with Gasteiger partial charge in [0.05, 0.1) is 12.2 Å². The van der Waals surface area contributed by atoms with Gasteiger partial charge in [-0.25, -0.2) is 9.07 Å². The van der Waals surface area contributed by atoms with Crippen molar-refractivity contribution in [3.05, 3.63) is 11.9 Å². The molecule has 1 heterocycles. The molecular formula is C12H20FN3O. The Kier molecular flexibility index (Phi) is 5.80. The van der Waals surface area contributed by atoms with Gasteiger partial charge >= 0.3 is 0 Å². The number of nitrogens with zero attached hydrogens (tertiary/aromatic N) is 3. The van der Waals surface area contributed by atoms with E-state index in [1.54, 1.807) is 6.20 Å². The van der Waals surface area contributed by atoms with E-state index in [0.29, 0.717) is 12.2 Å². The number of ketones is 1. The first kappa shape index (κ1) is 13.8. The SMILES string of the molecule is CCC(C)C(=O)CCCc1cn(CCF)nn1. The predicted molar refractivity (Wildman–Crippen MR) is 63.4 cm³/mol. The lowest BCUT2D eigenvalue weighted by molar-refractivity contribution is -0.122. The highest BCUT2D eigenvalue weighted by molar-refractivity contribution is 5.80. The van der Waals surface area contributed by atoms with Crippen LogP contribution in [0.25, 0.3) is 0 Å². The molecule has 0 aliphatic heterocycles. The molecule has 1 unspecified atom stereocenters. The zero-order valence-electron chi connectivity index (χ0n) is 10.5. The molecule has 0 fully saturated rings. The summed E-state index contributed by atoms with van der Waals surface area (Å²) in [4.78, 5) is 11.6. The Balaban J connectivity index is 2.28. The Morgan fingerprint density at radius 3 is 3.00 bits per heavy atom. The number of aryl methyl sites for hydroxylation is 2. The number of hydrogen-bond donors (Lipinski definition) is 0. The number of rotatable bonds is 8. The minimum atomic E-state index is -0.435. The topological polar surface area (TPSA) is 47.8 Å². The quantitative estimate of drug-likeness (QED) is 0.701. The van der Waals surface area contributed by atoms with Gasteiger partial charge in [0.25, 0.3) is 0 Å². The number of aromatic nitrogens is 3. The second kappa shape index (κ2) is 7.14. The number of carbonyl (C=O) groups excluding carboxylic acids is 1. The van der Waals surface area contributed by atoms with Crippen LogP contribution in [-0.2, 0) is 17.8 Å².